The smallest absolute Gasteiger partial charge is 0.220 e. The van der Waals surface area contributed by atoms with Crippen molar-refractivity contribution in [3.8, 4) is 0 Å². The molecule has 1 unspecified atom stereocenters. The number of likely N-dealkylation sites (tertiary alicyclic amines) is 2. The highest BCUT2D eigenvalue weighted by atomic mass is 127. The Morgan fingerprint density at radius 3 is 2.27 bits per heavy atom. The second kappa shape index (κ2) is 12.0. The molecule has 0 bridgehead atoms. The number of halogens is 1. The van der Waals surface area contributed by atoms with Crippen molar-refractivity contribution in [2.45, 2.75) is 52.0 Å². The van der Waals surface area contributed by atoms with E-state index in [9.17, 15) is 4.79 Å². The van der Waals surface area contributed by atoms with Gasteiger partial charge >= 0.3 is 0 Å². The minimum atomic E-state index is 0. The Balaban J connectivity index is 0.00000338. The molecular formula is C19H38IN5O. The van der Waals surface area contributed by atoms with Gasteiger partial charge < -0.3 is 15.5 Å². The molecule has 1 atom stereocenters. The SMILES string of the molecule is CN=C(NCC(C(C)C)N1CCCC1)N1CCC(CC(=O)NC)CC1.I. The molecule has 0 aromatic carbocycles. The summed E-state index contributed by atoms with van der Waals surface area (Å²) in [7, 11) is 3.59. The van der Waals surface area contributed by atoms with Gasteiger partial charge in [0.1, 0.15) is 0 Å². The van der Waals surface area contributed by atoms with E-state index in [0.717, 1.165) is 38.4 Å². The zero-order chi connectivity index (χ0) is 18.2. The largest absolute Gasteiger partial charge is 0.359 e. The van der Waals surface area contributed by atoms with Crippen LogP contribution in [-0.4, -0.2) is 74.5 Å². The average Bonchev–Trinajstić information content (AvgIpc) is 3.13. The molecule has 2 fully saturated rings. The van der Waals surface area contributed by atoms with Gasteiger partial charge in [-0.2, -0.15) is 0 Å². The topological polar surface area (TPSA) is 60.0 Å². The third-order valence-electron chi connectivity index (χ3n) is 5.73. The molecule has 2 N–H and O–H groups in total. The van der Waals surface area contributed by atoms with Gasteiger partial charge in [-0.25, -0.2) is 0 Å². The number of rotatable bonds is 6. The number of carbonyl (C=O) groups is 1. The molecule has 0 aliphatic carbocycles. The zero-order valence-electron chi connectivity index (χ0n) is 17.0. The fraction of sp³-hybridized carbons (Fsp3) is 0.895. The quantitative estimate of drug-likeness (QED) is 0.348. The van der Waals surface area contributed by atoms with Crippen LogP contribution in [0.1, 0.15) is 46.0 Å². The normalized spacial score (nSPS) is 20.8. The van der Waals surface area contributed by atoms with Gasteiger partial charge in [-0.05, 0) is 50.6 Å². The van der Waals surface area contributed by atoms with Crippen molar-refractivity contribution in [2.24, 2.45) is 16.8 Å². The third kappa shape index (κ3) is 6.87. The zero-order valence-corrected chi connectivity index (χ0v) is 19.3. The number of hydrogen-bond donors (Lipinski definition) is 2. The fourth-order valence-corrected chi connectivity index (χ4v) is 4.10. The van der Waals surface area contributed by atoms with Crippen molar-refractivity contribution >= 4 is 35.8 Å². The van der Waals surface area contributed by atoms with Gasteiger partial charge in [0.05, 0.1) is 0 Å². The van der Waals surface area contributed by atoms with E-state index >= 15 is 0 Å². The number of piperidine rings is 1. The molecule has 0 aromatic rings. The van der Waals surface area contributed by atoms with E-state index in [1.165, 1.54) is 25.9 Å². The van der Waals surface area contributed by atoms with Crippen LogP contribution in [-0.2, 0) is 4.79 Å². The molecule has 0 aromatic heterocycles. The summed E-state index contributed by atoms with van der Waals surface area (Å²) in [5.74, 6) is 2.32. The van der Waals surface area contributed by atoms with Crippen LogP contribution in [0.5, 0.6) is 0 Å². The second-order valence-electron chi connectivity index (χ2n) is 7.79. The predicted molar refractivity (Wildman–Crippen MR) is 119 cm³/mol. The third-order valence-corrected chi connectivity index (χ3v) is 5.73. The molecule has 7 heteroatoms. The maximum Gasteiger partial charge on any atom is 0.220 e. The van der Waals surface area contributed by atoms with Crippen LogP contribution in [0.2, 0.25) is 0 Å². The number of nitrogens with zero attached hydrogens (tertiary/aromatic N) is 3. The van der Waals surface area contributed by atoms with Gasteiger partial charge in [-0.1, -0.05) is 13.8 Å². The van der Waals surface area contributed by atoms with Crippen LogP contribution < -0.4 is 10.6 Å². The highest BCUT2D eigenvalue weighted by molar-refractivity contribution is 14.0. The first-order chi connectivity index (χ1) is 12.0. The van der Waals surface area contributed by atoms with Gasteiger partial charge in [0.15, 0.2) is 5.96 Å². The molecule has 6 nitrogen and oxygen atoms in total. The lowest BCUT2D eigenvalue weighted by Gasteiger charge is -2.36. The van der Waals surface area contributed by atoms with E-state index in [1.54, 1.807) is 7.05 Å². The highest BCUT2D eigenvalue weighted by Crippen LogP contribution is 2.21. The number of guanidine groups is 1. The standard InChI is InChI=1S/C19H37N5O.HI/c1-15(2)17(23-9-5-6-10-23)14-22-19(21-4)24-11-7-16(8-12-24)13-18(25)20-3;/h15-17H,5-14H2,1-4H3,(H,20,25)(H,21,22);1H. The molecule has 0 saturated carbocycles. The Kier molecular flexibility index (Phi) is 10.8. The first-order valence-electron chi connectivity index (χ1n) is 9.95. The van der Waals surface area contributed by atoms with Gasteiger partial charge in [-0.15, -0.1) is 24.0 Å². The number of hydrogen-bond acceptors (Lipinski definition) is 3. The summed E-state index contributed by atoms with van der Waals surface area (Å²) in [6.45, 7) is 10.0. The van der Waals surface area contributed by atoms with E-state index in [-0.39, 0.29) is 29.9 Å². The Morgan fingerprint density at radius 1 is 1.15 bits per heavy atom. The summed E-state index contributed by atoms with van der Waals surface area (Å²) >= 11 is 0. The molecule has 26 heavy (non-hydrogen) atoms. The fourth-order valence-electron chi connectivity index (χ4n) is 4.10. The first kappa shape index (κ1) is 23.5. The molecule has 0 radical (unpaired) electrons. The van der Waals surface area contributed by atoms with Gasteiger partial charge in [0.2, 0.25) is 5.91 Å². The Hall–Kier alpha value is -0.570. The summed E-state index contributed by atoms with van der Waals surface area (Å²) in [6, 6.07) is 0.574. The lowest BCUT2D eigenvalue weighted by Crippen LogP contribution is -2.51. The number of carbonyl (C=O) groups excluding carboxylic acids is 1. The van der Waals surface area contributed by atoms with Crippen molar-refractivity contribution < 1.29 is 4.79 Å². The van der Waals surface area contributed by atoms with Crippen LogP contribution in [0, 0.1) is 11.8 Å². The van der Waals surface area contributed by atoms with Crippen molar-refractivity contribution in [3.63, 3.8) is 0 Å². The average molecular weight is 479 g/mol. The maximum atomic E-state index is 11.6. The van der Waals surface area contributed by atoms with Gasteiger partial charge in [-0.3, -0.25) is 14.7 Å². The van der Waals surface area contributed by atoms with Gasteiger partial charge in [0, 0.05) is 46.2 Å². The maximum absolute atomic E-state index is 11.6. The lowest BCUT2D eigenvalue weighted by molar-refractivity contribution is -0.121. The van der Waals surface area contributed by atoms with Gasteiger partial charge in [0.25, 0.3) is 0 Å². The summed E-state index contributed by atoms with van der Waals surface area (Å²) in [4.78, 5) is 21.0. The summed E-state index contributed by atoms with van der Waals surface area (Å²) < 4.78 is 0. The first-order valence-corrected chi connectivity index (χ1v) is 9.95. The molecule has 2 aliphatic heterocycles. The van der Waals surface area contributed by atoms with Crippen LogP contribution in [0.25, 0.3) is 0 Å². The Morgan fingerprint density at radius 2 is 1.77 bits per heavy atom. The molecule has 2 heterocycles. The lowest BCUT2D eigenvalue weighted by atomic mass is 9.93. The van der Waals surface area contributed by atoms with Crippen LogP contribution >= 0.6 is 24.0 Å². The Bertz CT molecular complexity index is 443. The summed E-state index contributed by atoms with van der Waals surface area (Å²) in [6.07, 6.45) is 5.44. The number of nitrogens with one attached hydrogen (secondary N) is 2. The summed E-state index contributed by atoms with van der Waals surface area (Å²) in [5, 5.41) is 6.35. The Labute approximate surface area is 176 Å². The van der Waals surface area contributed by atoms with Crippen molar-refractivity contribution in [1.82, 2.24) is 20.4 Å². The van der Waals surface area contributed by atoms with E-state index in [1.807, 2.05) is 7.05 Å². The monoisotopic (exact) mass is 479 g/mol. The van der Waals surface area contributed by atoms with Crippen molar-refractivity contribution in [1.29, 1.82) is 0 Å². The minimum Gasteiger partial charge on any atom is -0.359 e. The second-order valence-corrected chi connectivity index (χ2v) is 7.79. The molecule has 152 valence electrons. The number of amides is 1. The van der Waals surface area contributed by atoms with Crippen LogP contribution in [0.4, 0.5) is 0 Å². The van der Waals surface area contributed by atoms with E-state index in [4.69, 9.17) is 0 Å². The van der Waals surface area contributed by atoms with Crippen LogP contribution in [0.15, 0.2) is 4.99 Å². The molecule has 1 amide bonds. The van der Waals surface area contributed by atoms with Crippen molar-refractivity contribution in [3.05, 3.63) is 0 Å². The predicted octanol–water partition coefficient (Wildman–Crippen LogP) is 2.15. The summed E-state index contributed by atoms with van der Waals surface area (Å²) in [5.41, 5.74) is 0. The highest BCUT2D eigenvalue weighted by Gasteiger charge is 2.27. The van der Waals surface area contributed by atoms with E-state index in [2.05, 4.69) is 39.3 Å². The minimum absolute atomic E-state index is 0. The molecule has 0 spiro atoms. The van der Waals surface area contributed by atoms with E-state index in [0.29, 0.717) is 24.3 Å². The van der Waals surface area contributed by atoms with Crippen molar-refractivity contribution in [2.75, 3.05) is 46.8 Å². The molecular weight excluding hydrogens is 441 g/mol. The number of aliphatic imine (C=N–C) groups is 1. The molecule has 2 saturated heterocycles. The molecule has 2 rings (SSSR count). The molecule has 2 aliphatic rings. The van der Waals surface area contributed by atoms with E-state index < -0.39 is 0 Å². The van der Waals surface area contributed by atoms with Crippen LogP contribution in [0.3, 0.4) is 0 Å².